The molecule has 8 heteroatoms. The Morgan fingerprint density at radius 1 is 1.07 bits per heavy atom. The summed E-state index contributed by atoms with van der Waals surface area (Å²) in [7, 11) is 0. The second-order valence-electron chi connectivity index (χ2n) is 7.01. The van der Waals surface area contributed by atoms with Crippen LogP contribution in [0.3, 0.4) is 0 Å². The van der Waals surface area contributed by atoms with Crippen molar-refractivity contribution in [3.8, 4) is 0 Å². The molecular formula is C20H23FN4O3. The molecule has 0 atom stereocenters. The van der Waals surface area contributed by atoms with Crippen LogP contribution in [0.25, 0.3) is 0 Å². The molecule has 2 aliphatic rings. The standard InChI is InChI=1S/C20H23FN4O3/c21-16-3-1-15(2-4-16)7-10-22-18-6-5-17(23-24-18)19(26)25-11-8-20(9-12-25)27-13-14-28-20/h1-6H,7-14H2,(H,22,24). The van der Waals surface area contributed by atoms with Crippen LogP contribution in [-0.4, -0.2) is 59.6 Å². The topological polar surface area (TPSA) is 76.6 Å². The van der Waals surface area contributed by atoms with E-state index in [9.17, 15) is 9.18 Å². The third-order valence-electron chi connectivity index (χ3n) is 5.14. The summed E-state index contributed by atoms with van der Waals surface area (Å²) in [5.41, 5.74) is 1.36. The van der Waals surface area contributed by atoms with Crippen molar-refractivity contribution in [2.75, 3.05) is 38.2 Å². The summed E-state index contributed by atoms with van der Waals surface area (Å²) in [6.07, 6.45) is 2.09. The summed E-state index contributed by atoms with van der Waals surface area (Å²) < 4.78 is 24.3. The average molecular weight is 386 g/mol. The highest BCUT2D eigenvalue weighted by atomic mass is 19.1. The first-order chi connectivity index (χ1) is 13.6. The van der Waals surface area contributed by atoms with E-state index in [0.29, 0.717) is 57.2 Å². The molecule has 28 heavy (non-hydrogen) atoms. The van der Waals surface area contributed by atoms with Crippen molar-refractivity contribution in [2.24, 2.45) is 0 Å². The molecule has 0 radical (unpaired) electrons. The smallest absolute Gasteiger partial charge is 0.274 e. The molecule has 1 spiro atoms. The number of anilines is 1. The maximum atomic E-state index is 12.9. The summed E-state index contributed by atoms with van der Waals surface area (Å²) in [5, 5.41) is 11.3. The molecular weight excluding hydrogens is 363 g/mol. The maximum absolute atomic E-state index is 12.9. The Kier molecular flexibility index (Phi) is 5.50. The minimum Gasteiger partial charge on any atom is -0.368 e. The van der Waals surface area contributed by atoms with Gasteiger partial charge in [-0.1, -0.05) is 12.1 Å². The molecule has 1 aromatic heterocycles. The van der Waals surface area contributed by atoms with E-state index in [2.05, 4.69) is 15.5 Å². The Hall–Kier alpha value is -2.58. The van der Waals surface area contributed by atoms with E-state index in [1.54, 1.807) is 29.2 Å². The number of aromatic nitrogens is 2. The van der Waals surface area contributed by atoms with Gasteiger partial charge in [-0.2, -0.15) is 0 Å². The Balaban J connectivity index is 1.27. The van der Waals surface area contributed by atoms with Gasteiger partial charge in [-0.25, -0.2) is 4.39 Å². The second kappa shape index (κ2) is 8.20. The predicted molar refractivity (Wildman–Crippen MR) is 100 cm³/mol. The van der Waals surface area contributed by atoms with Crippen LogP contribution in [-0.2, 0) is 15.9 Å². The molecule has 7 nitrogen and oxygen atoms in total. The summed E-state index contributed by atoms with van der Waals surface area (Å²) in [4.78, 5) is 14.4. The van der Waals surface area contributed by atoms with Gasteiger partial charge >= 0.3 is 0 Å². The maximum Gasteiger partial charge on any atom is 0.274 e. The zero-order chi connectivity index (χ0) is 19.4. The highest BCUT2D eigenvalue weighted by Gasteiger charge is 2.41. The summed E-state index contributed by atoms with van der Waals surface area (Å²) >= 11 is 0. The molecule has 0 bridgehead atoms. The number of piperidine rings is 1. The minimum absolute atomic E-state index is 0.127. The quantitative estimate of drug-likeness (QED) is 0.849. The van der Waals surface area contributed by atoms with Crippen molar-refractivity contribution < 1.29 is 18.7 Å². The highest BCUT2D eigenvalue weighted by Crippen LogP contribution is 2.31. The molecule has 1 amide bonds. The van der Waals surface area contributed by atoms with Crippen molar-refractivity contribution in [3.05, 3.63) is 53.5 Å². The van der Waals surface area contributed by atoms with Gasteiger partial charge in [-0.3, -0.25) is 4.79 Å². The first kappa shape index (κ1) is 18.8. The molecule has 0 aliphatic carbocycles. The molecule has 1 N–H and O–H groups in total. The van der Waals surface area contributed by atoms with Gasteiger partial charge in [0.05, 0.1) is 13.2 Å². The Morgan fingerprint density at radius 3 is 2.43 bits per heavy atom. The van der Waals surface area contributed by atoms with E-state index in [1.807, 2.05) is 0 Å². The van der Waals surface area contributed by atoms with E-state index in [1.165, 1.54) is 12.1 Å². The largest absolute Gasteiger partial charge is 0.368 e. The fourth-order valence-electron chi connectivity index (χ4n) is 3.52. The van der Waals surface area contributed by atoms with E-state index in [-0.39, 0.29) is 11.7 Å². The Bertz CT molecular complexity index is 797. The number of ether oxygens (including phenoxy) is 2. The van der Waals surface area contributed by atoms with Crippen LogP contribution in [0.1, 0.15) is 28.9 Å². The third-order valence-corrected chi connectivity index (χ3v) is 5.14. The van der Waals surface area contributed by atoms with Crippen LogP contribution in [0.2, 0.25) is 0 Å². The number of carbonyl (C=O) groups is 1. The summed E-state index contributed by atoms with van der Waals surface area (Å²) in [6, 6.07) is 9.84. The lowest BCUT2D eigenvalue weighted by molar-refractivity contribution is -0.181. The molecule has 0 unspecified atom stereocenters. The van der Waals surface area contributed by atoms with Crippen molar-refractivity contribution in [1.29, 1.82) is 0 Å². The first-order valence-corrected chi connectivity index (χ1v) is 9.53. The SMILES string of the molecule is O=C(c1ccc(NCCc2ccc(F)cc2)nn1)N1CCC2(CC1)OCCO2. The second-order valence-corrected chi connectivity index (χ2v) is 7.01. The van der Waals surface area contributed by atoms with Crippen LogP contribution < -0.4 is 5.32 Å². The van der Waals surface area contributed by atoms with E-state index in [4.69, 9.17) is 9.47 Å². The minimum atomic E-state index is -0.499. The summed E-state index contributed by atoms with van der Waals surface area (Å²) in [6.45, 7) is 3.04. The van der Waals surface area contributed by atoms with Gasteiger partial charge in [0, 0.05) is 32.5 Å². The van der Waals surface area contributed by atoms with Crippen LogP contribution in [0.4, 0.5) is 10.2 Å². The number of hydrogen-bond donors (Lipinski definition) is 1. The zero-order valence-electron chi connectivity index (χ0n) is 15.6. The lowest BCUT2D eigenvalue weighted by atomic mass is 10.0. The molecule has 3 heterocycles. The molecule has 148 valence electrons. The van der Waals surface area contributed by atoms with Crippen molar-refractivity contribution in [2.45, 2.75) is 25.0 Å². The number of amides is 1. The average Bonchev–Trinajstić information content (AvgIpc) is 3.18. The first-order valence-electron chi connectivity index (χ1n) is 9.53. The number of carbonyl (C=O) groups excluding carboxylic acids is 1. The van der Waals surface area contributed by atoms with Gasteiger partial charge < -0.3 is 19.7 Å². The van der Waals surface area contributed by atoms with Gasteiger partial charge in [-0.05, 0) is 36.2 Å². The number of hydrogen-bond acceptors (Lipinski definition) is 6. The number of benzene rings is 1. The number of nitrogens with one attached hydrogen (secondary N) is 1. The zero-order valence-corrected chi connectivity index (χ0v) is 15.6. The van der Waals surface area contributed by atoms with Crippen LogP contribution in [0.15, 0.2) is 36.4 Å². The third kappa shape index (κ3) is 4.28. The number of likely N-dealkylation sites (tertiary alicyclic amines) is 1. The number of rotatable bonds is 5. The van der Waals surface area contributed by atoms with Crippen LogP contribution >= 0.6 is 0 Å². The van der Waals surface area contributed by atoms with Gasteiger partial charge in [0.1, 0.15) is 11.6 Å². The Morgan fingerprint density at radius 2 is 1.79 bits per heavy atom. The predicted octanol–water partition coefficient (Wildman–Crippen LogP) is 2.25. The normalized spacial score (nSPS) is 18.4. The number of halogens is 1. The highest BCUT2D eigenvalue weighted by molar-refractivity contribution is 5.92. The van der Waals surface area contributed by atoms with Gasteiger partial charge in [0.15, 0.2) is 11.5 Å². The molecule has 4 rings (SSSR count). The van der Waals surface area contributed by atoms with Gasteiger partial charge in [-0.15, -0.1) is 10.2 Å². The fraction of sp³-hybridized carbons (Fsp3) is 0.450. The van der Waals surface area contributed by atoms with E-state index >= 15 is 0 Å². The van der Waals surface area contributed by atoms with Gasteiger partial charge in [0.25, 0.3) is 5.91 Å². The van der Waals surface area contributed by atoms with Crippen molar-refractivity contribution in [1.82, 2.24) is 15.1 Å². The molecule has 2 aliphatic heterocycles. The lowest BCUT2D eigenvalue weighted by Crippen LogP contribution is -2.47. The van der Waals surface area contributed by atoms with E-state index in [0.717, 1.165) is 12.0 Å². The molecule has 2 fully saturated rings. The Labute approximate surface area is 162 Å². The van der Waals surface area contributed by atoms with Crippen molar-refractivity contribution >= 4 is 11.7 Å². The van der Waals surface area contributed by atoms with Gasteiger partial charge in [0.2, 0.25) is 0 Å². The van der Waals surface area contributed by atoms with E-state index < -0.39 is 5.79 Å². The van der Waals surface area contributed by atoms with Crippen molar-refractivity contribution in [3.63, 3.8) is 0 Å². The summed E-state index contributed by atoms with van der Waals surface area (Å²) in [5.74, 6) is -0.266. The van der Waals surface area contributed by atoms with Crippen LogP contribution in [0.5, 0.6) is 0 Å². The number of nitrogens with zero attached hydrogens (tertiary/aromatic N) is 3. The fourth-order valence-corrected chi connectivity index (χ4v) is 3.52. The molecule has 2 aromatic rings. The molecule has 0 saturated carbocycles. The van der Waals surface area contributed by atoms with Crippen LogP contribution in [0, 0.1) is 5.82 Å². The molecule has 2 saturated heterocycles. The molecule has 1 aromatic carbocycles. The monoisotopic (exact) mass is 386 g/mol. The lowest BCUT2D eigenvalue weighted by Gasteiger charge is -2.37.